The first-order valence-corrected chi connectivity index (χ1v) is 11.0. The van der Waals surface area contributed by atoms with E-state index in [0.717, 1.165) is 25.7 Å². The molecule has 9 nitrogen and oxygen atoms in total. The minimum atomic E-state index is -1.04. The number of carboxylic acids is 1. The summed E-state index contributed by atoms with van der Waals surface area (Å²) in [5.74, 6) is 0.316. The van der Waals surface area contributed by atoms with Crippen molar-refractivity contribution >= 4 is 35.0 Å². The SMILES string of the molecule is C=CC1(C)CN(C2CCCC2)c2nc(Nc3ccc(C(=O)O)cc3OC)ncc2N(C)C1=O. The summed E-state index contributed by atoms with van der Waals surface area (Å²) in [6.07, 6.45) is 7.75. The van der Waals surface area contributed by atoms with E-state index < -0.39 is 11.4 Å². The third-order valence-corrected chi connectivity index (χ3v) is 6.59. The van der Waals surface area contributed by atoms with Gasteiger partial charge in [-0.2, -0.15) is 4.98 Å². The summed E-state index contributed by atoms with van der Waals surface area (Å²) in [7, 11) is 3.22. The van der Waals surface area contributed by atoms with Crippen molar-refractivity contribution in [2.75, 3.05) is 35.8 Å². The Morgan fingerprint density at radius 2 is 2.09 bits per heavy atom. The monoisotopic (exact) mass is 451 g/mol. The van der Waals surface area contributed by atoms with Crippen LogP contribution in [0.3, 0.4) is 0 Å². The molecule has 33 heavy (non-hydrogen) atoms. The van der Waals surface area contributed by atoms with Crippen molar-refractivity contribution in [1.82, 2.24) is 9.97 Å². The highest BCUT2D eigenvalue weighted by molar-refractivity contribution is 6.02. The third-order valence-electron chi connectivity index (χ3n) is 6.59. The standard InChI is InChI=1S/C24H29N5O4/c1-5-24(2)14-29(16-8-6-7-9-16)20-18(28(3)22(24)32)13-25-23(27-20)26-17-11-10-15(21(30)31)12-19(17)33-4/h5,10-13,16H,1,6-9,14H2,2-4H3,(H,30,31)(H,25,26,27). The zero-order valence-corrected chi connectivity index (χ0v) is 19.2. The predicted molar refractivity (Wildman–Crippen MR) is 127 cm³/mol. The average molecular weight is 452 g/mol. The fourth-order valence-electron chi connectivity index (χ4n) is 4.58. The van der Waals surface area contributed by atoms with E-state index in [2.05, 4.69) is 21.8 Å². The third kappa shape index (κ3) is 4.10. The molecule has 0 spiro atoms. The van der Waals surface area contributed by atoms with Gasteiger partial charge in [-0.3, -0.25) is 4.79 Å². The number of amides is 1. The van der Waals surface area contributed by atoms with Gasteiger partial charge in [-0.25, -0.2) is 9.78 Å². The number of hydrogen-bond donors (Lipinski definition) is 2. The van der Waals surface area contributed by atoms with Crippen molar-refractivity contribution in [3.8, 4) is 5.75 Å². The zero-order chi connectivity index (χ0) is 23.8. The molecule has 2 heterocycles. The lowest BCUT2D eigenvalue weighted by atomic mass is 9.88. The molecule has 1 atom stereocenters. The van der Waals surface area contributed by atoms with Gasteiger partial charge in [0, 0.05) is 19.6 Å². The molecule has 1 aromatic heterocycles. The van der Waals surface area contributed by atoms with Gasteiger partial charge in [-0.1, -0.05) is 18.9 Å². The molecular weight excluding hydrogens is 422 g/mol. The number of carboxylic acid groups (broad SMARTS) is 1. The minimum absolute atomic E-state index is 0.0468. The van der Waals surface area contributed by atoms with Crippen LogP contribution in [-0.2, 0) is 4.79 Å². The van der Waals surface area contributed by atoms with Crippen molar-refractivity contribution in [3.05, 3.63) is 42.6 Å². The molecule has 1 unspecified atom stereocenters. The lowest BCUT2D eigenvalue weighted by Crippen LogP contribution is -2.45. The quantitative estimate of drug-likeness (QED) is 0.638. The highest BCUT2D eigenvalue weighted by Crippen LogP contribution is 2.41. The predicted octanol–water partition coefficient (Wildman–Crippen LogP) is 3.84. The van der Waals surface area contributed by atoms with E-state index in [-0.39, 0.29) is 17.5 Å². The van der Waals surface area contributed by atoms with Crippen LogP contribution >= 0.6 is 0 Å². The lowest BCUT2D eigenvalue weighted by molar-refractivity contribution is -0.124. The largest absolute Gasteiger partial charge is 0.495 e. The van der Waals surface area contributed by atoms with Gasteiger partial charge < -0.3 is 25.0 Å². The second-order valence-corrected chi connectivity index (χ2v) is 8.80. The van der Waals surface area contributed by atoms with Crippen LogP contribution < -0.4 is 19.9 Å². The Morgan fingerprint density at radius 1 is 1.36 bits per heavy atom. The van der Waals surface area contributed by atoms with Gasteiger partial charge in [0.05, 0.1) is 30.0 Å². The smallest absolute Gasteiger partial charge is 0.335 e. The average Bonchev–Trinajstić information content (AvgIpc) is 3.34. The number of benzene rings is 1. The molecule has 2 aromatic rings. The summed E-state index contributed by atoms with van der Waals surface area (Å²) in [6.45, 7) is 6.34. The van der Waals surface area contributed by atoms with Crippen LogP contribution in [-0.4, -0.2) is 53.7 Å². The van der Waals surface area contributed by atoms with E-state index in [4.69, 9.17) is 9.72 Å². The van der Waals surface area contributed by atoms with Gasteiger partial charge in [-0.05, 0) is 38.0 Å². The molecule has 174 valence electrons. The fraction of sp³-hybridized carbons (Fsp3) is 0.417. The van der Waals surface area contributed by atoms with Gasteiger partial charge in [0.25, 0.3) is 0 Å². The van der Waals surface area contributed by atoms with Crippen LogP contribution in [0, 0.1) is 5.41 Å². The number of carbonyl (C=O) groups is 2. The second-order valence-electron chi connectivity index (χ2n) is 8.80. The first-order valence-electron chi connectivity index (χ1n) is 11.0. The van der Waals surface area contributed by atoms with Crippen molar-refractivity contribution in [2.24, 2.45) is 5.41 Å². The van der Waals surface area contributed by atoms with Crippen LogP contribution in [0.2, 0.25) is 0 Å². The molecule has 2 N–H and O–H groups in total. The number of anilines is 4. The molecule has 1 amide bonds. The van der Waals surface area contributed by atoms with Crippen molar-refractivity contribution in [3.63, 3.8) is 0 Å². The summed E-state index contributed by atoms with van der Waals surface area (Å²) in [5, 5.41) is 12.4. The van der Waals surface area contributed by atoms with Crippen molar-refractivity contribution in [1.29, 1.82) is 0 Å². The molecule has 1 aromatic carbocycles. The maximum atomic E-state index is 13.3. The van der Waals surface area contributed by atoms with Gasteiger partial charge in [-0.15, -0.1) is 6.58 Å². The first kappa shape index (κ1) is 22.6. The molecule has 1 aliphatic heterocycles. The van der Waals surface area contributed by atoms with Crippen LogP contribution in [0.25, 0.3) is 0 Å². The molecule has 1 aliphatic carbocycles. The lowest BCUT2D eigenvalue weighted by Gasteiger charge is -2.34. The number of aromatic carboxylic acids is 1. The minimum Gasteiger partial charge on any atom is -0.495 e. The van der Waals surface area contributed by atoms with E-state index in [1.165, 1.54) is 19.2 Å². The van der Waals surface area contributed by atoms with Gasteiger partial charge in [0.1, 0.15) is 11.4 Å². The van der Waals surface area contributed by atoms with Gasteiger partial charge in [0.2, 0.25) is 11.9 Å². The van der Waals surface area contributed by atoms with Crippen molar-refractivity contribution < 1.29 is 19.4 Å². The fourth-order valence-corrected chi connectivity index (χ4v) is 4.58. The summed E-state index contributed by atoms with van der Waals surface area (Å²) in [4.78, 5) is 37.6. The molecule has 9 heteroatoms. The Balaban J connectivity index is 1.76. The number of methoxy groups -OCH3 is 1. The summed E-state index contributed by atoms with van der Waals surface area (Å²) < 4.78 is 5.36. The van der Waals surface area contributed by atoms with Gasteiger partial charge >= 0.3 is 5.97 Å². The molecule has 0 saturated heterocycles. The molecule has 0 bridgehead atoms. The number of nitrogens with one attached hydrogen (secondary N) is 1. The van der Waals surface area contributed by atoms with Crippen LogP contribution in [0.5, 0.6) is 5.75 Å². The molecule has 2 aliphatic rings. The Kier molecular flexibility index (Phi) is 5.97. The topological polar surface area (TPSA) is 108 Å². The maximum absolute atomic E-state index is 13.3. The van der Waals surface area contributed by atoms with E-state index in [0.29, 0.717) is 35.4 Å². The number of ether oxygens (including phenoxy) is 1. The van der Waals surface area contributed by atoms with Gasteiger partial charge in [0.15, 0.2) is 5.82 Å². The second kappa shape index (κ2) is 8.73. The molecular formula is C24H29N5O4. The number of hydrogen-bond acceptors (Lipinski definition) is 7. The highest BCUT2D eigenvalue weighted by atomic mass is 16.5. The van der Waals surface area contributed by atoms with E-state index in [9.17, 15) is 14.7 Å². The molecule has 0 radical (unpaired) electrons. The first-order chi connectivity index (χ1) is 15.8. The number of carbonyl (C=O) groups excluding carboxylic acids is 1. The maximum Gasteiger partial charge on any atom is 0.335 e. The van der Waals surface area contributed by atoms with E-state index in [1.807, 2.05) is 6.92 Å². The number of rotatable bonds is 6. The molecule has 1 fully saturated rings. The summed E-state index contributed by atoms with van der Waals surface area (Å²) >= 11 is 0. The van der Waals surface area contributed by atoms with Crippen LogP contribution in [0.15, 0.2) is 37.1 Å². The highest BCUT2D eigenvalue weighted by Gasteiger charge is 2.42. The Morgan fingerprint density at radius 3 is 2.73 bits per heavy atom. The Bertz CT molecular complexity index is 1100. The van der Waals surface area contributed by atoms with E-state index in [1.54, 1.807) is 30.3 Å². The zero-order valence-electron chi connectivity index (χ0n) is 19.2. The Labute approximate surface area is 193 Å². The summed E-state index contributed by atoms with van der Waals surface area (Å²) in [5.41, 5.74) is 0.568. The number of fused-ring (bicyclic) bond motifs is 1. The summed E-state index contributed by atoms with van der Waals surface area (Å²) in [6, 6.07) is 4.84. The molecule has 1 saturated carbocycles. The number of aromatic nitrogens is 2. The van der Waals surface area contributed by atoms with Crippen LogP contribution in [0.4, 0.5) is 23.1 Å². The van der Waals surface area contributed by atoms with Crippen molar-refractivity contribution in [2.45, 2.75) is 38.6 Å². The Hall–Kier alpha value is -3.62. The van der Waals surface area contributed by atoms with E-state index >= 15 is 0 Å². The van der Waals surface area contributed by atoms with Crippen LogP contribution in [0.1, 0.15) is 43.0 Å². The molecule has 4 rings (SSSR count). The normalized spacial score (nSPS) is 20.9. The number of nitrogens with zero attached hydrogens (tertiary/aromatic N) is 4.